The number of nitrogens with two attached hydrogens (primary N) is 1. The summed E-state index contributed by atoms with van der Waals surface area (Å²) in [5, 5.41) is 0.499. The molecule has 1 aliphatic heterocycles. The highest BCUT2D eigenvalue weighted by molar-refractivity contribution is 7.89. The van der Waals surface area contributed by atoms with Crippen LogP contribution in [-0.4, -0.2) is 31.7 Å². The summed E-state index contributed by atoms with van der Waals surface area (Å²) in [5.41, 5.74) is 5.26. The minimum atomic E-state index is -3.72. The van der Waals surface area contributed by atoms with Crippen LogP contribution in [0.5, 0.6) is 0 Å². The molecule has 1 aromatic carbocycles. The van der Waals surface area contributed by atoms with Gasteiger partial charge in [0, 0.05) is 23.1 Å². The molecule has 110 valence electrons. The average Bonchev–Trinajstić information content (AvgIpc) is 2.37. The molecule has 1 fully saturated rings. The lowest BCUT2D eigenvalue weighted by molar-refractivity contribution is -0.122. The van der Waals surface area contributed by atoms with Crippen molar-refractivity contribution in [2.75, 3.05) is 13.1 Å². The Bertz CT molecular complexity index is 613. The number of hydrogen-bond acceptors (Lipinski definition) is 3. The van der Waals surface area contributed by atoms with Crippen molar-refractivity contribution in [2.24, 2.45) is 11.7 Å². The Kier molecular flexibility index (Phi) is 4.59. The zero-order valence-corrected chi connectivity index (χ0v) is 12.9. The van der Waals surface area contributed by atoms with Gasteiger partial charge in [-0.15, -0.1) is 0 Å². The lowest BCUT2D eigenvalue weighted by atomic mass is 9.99. The van der Waals surface area contributed by atoms with E-state index in [1.807, 2.05) is 0 Å². The Morgan fingerprint density at radius 2 is 1.85 bits per heavy atom. The Balaban J connectivity index is 2.32. The molecule has 5 nitrogen and oxygen atoms in total. The van der Waals surface area contributed by atoms with E-state index in [9.17, 15) is 13.2 Å². The van der Waals surface area contributed by atoms with Crippen LogP contribution in [-0.2, 0) is 14.8 Å². The van der Waals surface area contributed by atoms with Crippen LogP contribution in [0.2, 0.25) is 10.0 Å². The van der Waals surface area contributed by atoms with Crippen LogP contribution in [0.25, 0.3) is 0 Å². The summed E-state index contributed by atoms with van der Waals surface area (Å²) in [6.45, 7) is 0.456. The van der Waals surface area contributed by atoms with Gasteiger partial charge in [-0.25, -0.2) is 8.42 Å². The maximum atomic E-state index is 12.5. The van der Waals surface area contributed by atoms with Crippen molar-refractivity contribution < 1.29 is 13.2 Å². The minimum Gasteiger partial charge on any atom is -0.369 e. The van der Waals surface area contributed by atoms with Crippen molar-refractivity contribution in [3.8, 4) is 0 Å². The van der Waals surface area contributed by atoms with Gasteiger partial charge in [-0.3, -0.25) is 4.79 Å². The zero-order chi connectivity index (χ0) is 14.9. The number of sulfonamides is 1. The average molecular weight is 337 g/mol. The smallest absolute Gasteiger partial charge is 0.243 e. The summed E-state index contributed by atoms with van der Waals surface area (Å²) in [6, 6.07) is 4.15. The molecule has 1 saturated heterocycles. The molecule has 8 heteroatoms. The third kappa shape index (κ3) is 3.25. The van der Waals surface area contributed by atoms with Gasteiger partial charge in [0.05, 0.1) is 10.8 Å². The van der Waals surface area contributed by atoms with E-state index >= 15 is 0 Å². The molecule has 0 aliphatic carbocycles. The van der Waals surface area contributed by atoms with Gasteiger partial charge < -0.3 is 5.73 Å². The van der Waals surface area contributed by atoms with E-state index in [0.717, 1.165) is 0 Å². The predicted octanol–water partition coefficient (Wildman–Crippen LogP) is 1.88. The second kappa shape index (κ2) is 5.89. The van der Waals surface area contributed by atoms with Crippen LogP contribution in [0, 0.1) is 5.92 Å². The van der Waals surface area contributed by atoms with Gasteiger partial charge in [-0.1, -0.05) is 23.2 Å². The topological polar surface area (TPSA) is 80.5 Å². The molecular formula is C12H14Cl2N2O3S. The van der Waals surface area contributed by atoms with Crippen LogP contribution < -0.4 is 5.73 Å². The lowest BCUT2D eigenvalue weighted by Crippen LogP contribution is -2.44. The zero-order valence-electron chi connectivity index (χ0n) is 10.6. The molecule has 20 heavy (non-hydrogen) atoms. The van der Waals surface area contributed by atoms with Gasteiger partial charge >= 0.3 is 0 Å². The van der Waals surface area contributed by atoms with Crippen LogP contribution in [0.4, 0.5) is 0 Å². The Morgan fingerprint density at radius 3 is 2.40 bits per heavy atom. The molecule has 0 radical (unpaired) electrons. The van der Waals surface area contributed by atoms with Crippen LogP contribution in [0.15, 0.2) is 23.1 Å². The molecule has 2 rings (SSSR count). The first-order valence-electron chi connectivity index (χ1n) is 6.06. The van der Waals surface area contributed by atoms with Gasteiger partial charge in [0.2, 0.25) is 15.9 Å². The van der Waals surface area contributed by atoms with E-state index in [0.29, 0.717) is 19.4 Å². The van der Waals surface area contributed by atoms with Crippen molar-refractivity contribution in [1.82, 2.24) is 4.31 Å². The van der Waals surface area contributed by atoms with Gasteiger partial charge in [0.1, 0.15) is 0 Å². The molecule has 1 heterocycles. The molecule has 1 aliphatic rings. The third-order valence-corrected chi connectivity index (χ3v) is 5.54. The number of piperidine rings is 1. The SMILES string of the molecule is NC(=O)C1CCCN(S(=O)(=O)c2cc(Cl)cc(Cl)c2)C1. The van der Waals surface area contributed by atoms with Crippen molar-refractivity contribution in [2.45, 2.75) is 17.7 Å². The molecule has 0 spiro atoms. The fourth-order valence-corrected chi connectivity index (χ4v) is 4.47. The number of carbonyl (C=O) groups excluding carboxylic acids is 1. The Hall–Kier alpha value is -0.820. The van der Waals surface area contributed by atoms with Crippen LogP contribution in [0.3, 0.4) is 0 Å². The first-order valence-corrected chi connectivity index (χ1v) is 8.26. The van der Waals surface area contributed by atoms with Crippen molar-refractivity contribution in [1.29, 1.82) is 0 Å². The van der Waals surface area contributed by atoms with E-state index in [4.69, 9.17) is 28.9 Å². The van der Waals surface area contributed by atoms with Gasteiger partial charge in [0.25, 0.3) is 0 Å². The number of carbonyl (C=O) groups is 1. The predicted molar refractivity (Wildman–Crippen MR) is 77.1 cm³/mol. The molecular weight excluding hydrogens is 323 g/mol. The summed E-state index contributed by atoms with van der Waals surface area (Å²) in [5.74, 6) is -0.929. The highest BCUT2D eigenvalue weighted by Crippen LogP contribution is 2.27. The number of rotatable bonds is 3. The van der Waals surface area contributed by atoms with Crippen molar-refractivity contribution in [3.63, 3.8) is 0 Å². The number of benzene rings is 1. The molecule has 0 bridgehead atoms. The number of primary amides is 1. The standard InChI is InChI=1S/C12H14Cl2N2O3S/c13-9-4-10(14)6-11(5-9)20(18,19)16-3-1-2-8(7-16)12(15)17/h4-6,8H,1-3,7H2,(H2,15,17). The van der Waals surface area contributed by atoms with Crippen molar-refractivity contribution >= 4 is 39.1 Å². The normalized spacial score (nSPS) is 20.8. The number of halogens is 2. The Labute approximate surface area is 127 Å². The maximum absolute atomic E-state index is 12.5. The van der Waals surface area contributed by atoms with Crippen LogP contribution >= 0.6 is 23.2 Å². The maximum Gasteiger partial charge on any atom is 0.243 e. The molecule has 1 amide bonds. The number of nitrogens with zero attached hydrogens (tertiary/aromatic N) is 1. The first kappa shape index (κ1) is 15.6. The number of hydrogen-bond donors (Lipinski definition) is 1. The quantitative estimate of drug-likeness (QED) is 0.914. The highest BCUT2D eigenvalue weighted by Gasteiger charge is 2.32. The monoisotopic (exact) mass is 336 g/mol. The summed E-state index contributed by atoms with van der Waals surface area (Å²) in [4.78, 5) is 11.3. The summed E-state index contributed by atoms with van der Waals surface area (Å²) in [6.07, 6.45) is 1.21. The largest absolute Gasteiger partial charge is 0.369 e. The van der Waals surface area contributed by atoms with Crippen LogP contribution in [0.1, 0.15) is 12.8 Å². The summed E-state index contributed by atoms with van der Waals surface area (Å²) < 4.78 is 26.3. The van der Waals surface area contributed by atoms with E-state index in [1.54, 1.807) is 0 Å². The third-order valence-electron chi connectivity index (χ3n) is 3.26. The fourth-order valence-electron chi connectivity index (χ4n) is 2.22. The Morgan fingerprint density at radius 1 is 1.25 bits per heavy atom. The second-order valence-corrected chi connectivity index (χ2v) is 7.52. The minimum absolute atomic E-state index is 0.0279. The van der Waals surface area contributed by atoms with E-state index in [1.165, 1.54) is 22.5 Å². The molecule has 2 N–H and O–H groups in total. The van der Waals surface area contributed by atoms with Gasteiger partial charge in [-0.2, -0.15) is 4.31 Å². The van der Waals surface area contributed by atoms with E-state index in [2.05, 4.69) is 0 Å². The molecule has 0 aromatic heterocycles. The first-order chi connectivity index (χ1) is 9.30. The molecule has 0 saturated carbocycles. The molecule has 1 aromatic rings. The second-order valence-electron chi connectivity index (χ2n) is 4.71. The van der Waals surface area contributed by atoms with E-state index in [-0.39, 0.29) is 21.5 Å². The lowest BCUT2D eigenvalue weighted by Gasteiger charge is -2.30. The summed E-state index contributed by atoms with van der Waals surface area (Å²) in [7, 11) is -3.72. The van der Waals surface area contributed by atoms with Gasteiger partial charge in [-0.05, 0) is 31.0 Å². The fraction of sp³-hybridized carbons (Fsp3) is 0.417. The summed E-state index contributed by atoms with van der Waals surface area (Å²) >= 11 is 11.7. The van der Waals surface area contributed by atoms with Crippen molar-refractivity contribution in [3.05, 3.63) is 28.2 Å². The number of amides is 1. The highest BCUT2D eigenvalue weighted by atomic mass is 35.5. The van der Waals surface area contributed by atoms with E-state index < -0.39 is 21.8 Å². The molecule has 1 unspecified atom stereocenters. The molecule has 1 atom stereocenters. The van der Waals surface area contributed by atoms with Gasteiger partial charge in [0.15, 0.2) is 0 Å².